The first-order valence-electron chi connectivity index (χ1n) is 5.08. The zero-order valence-corrected chi connectivity index (χ0v) is 9.87. The summed E-state index contributed by atoms with van der Waals surface area (Å²) in [5.74, 6) is 2.52. The highest BCUT2D eigenvalue weighted by Crippen LogP contribution is 2.26. The number of hydrogen-bond donors (Lipinski definition) is 1. The number of aryl methyl sites for hydroxylation is 2. The van der Waals surface area contributed by atoms with E-state index in [1.54, 1.807) is 0 Å². The van der Waals surface area contributed by atoms with E-state index in [-0.39, 0.29) is 0 Å². The van der Waals surface area contributed by atoms with Crippen LogP contribution in [0.2, 0.25) is 0 Å². The molecule has 0 unspecified atom stereocenters. The minimum atomic E-state index is -0.603. The molecule has 2 rings (SSSR count). The predicted molar refractivity (Wildman–Crippen MR) is 58.7 cm³/mol. The molecule has 0 aromatic carbocycles. The van der Waals surface area contributed by atoms with Crippen molar-refractivity contribution < 1.29 is 8.94 Å². The van der Waals surface area contributed by atoms with Crippen LogP contribution in [0.4, 0.5) is 0 Å². The van der Waals surface area contributed by atoms with Crippen LogP contribution in [-0.2, 0) is 5.54 Å². The Morgan fingerprint density at radius 2 is 2.00 bits per heavy atom. The first-order chi connectivity index (χ1) is 7.38. The maximum absolute atomic E-state index is 5.88. The molecule has 0 spiro atoms. The quantitative estimate of drug-likeness (QED) is 0.840. The van der Waals surface area contributed by atoms with Gasteiger partial charge in [0.2, 0.25) is 0 Å². The standard InChI is InChI=1S/C11H15N3O2/c1-6-5-8(7(2)15-6)9-13-10(14-16-9)11(3,4)12/h5H,12H2,1-4H3. The van der Waals surface area contributed by atoms with Crippen LogP contribution in [0.25, 0.3) is 11.5 Å². The second kappa shape index (κ2) is 3.45. The van der Waals surface area contributed by atoms with Gasteiger partial charge in [0.05, 0.1) is 11.1 Å². The van der Waals surface area contributed by atoms with Crippen molar-refractivity contribution in [2.75, 3.05) is 0 Å². The summed E-state index contributed by atoms with van der Waals surface area (Å²) in [4.78, 5) is 4.26. The Balaban J connectivity index is 2.43. The Bertz CT molecular complexity index is 506. The fraction of sp³-hybridized carbons (Fsp3) is 0.455. The predicted octanol–water partition coefficient (Wildman–Crippen LogP) is 2.14. The molecular formula is C11H15N3O2. The molecular weight excluding hydrogens is 206 g/mol. The van der Waals surface area contributed by atoms with Crippen molar-refractivity contribution in [1.82, 2.24) is 10.1 Å². The molecule has 0 saturated carbocycles. The molecule has 0 amide bonds. The fourth-order valence-corrected chi connectivity index (χ4v) is 1.44. The lowest BCUT2D eigenvalue weighted by molar-refractivity contribution is 0.396. The molecule has 2 N–H and O–H groups in total. The van der Waals surface area contributed by atoms with Crippen molar-refractivity contribution >= 4 is 0 Å². The topological polar surface area (TPSA) is 78.1 Å². The van der Waals surface area contributed by atoms with Crippen molar-refractivity contribution in [3.05, 3.63) is 23.4 Å². The molecule has 86 valence electrons. The molecule has 0 aliphatic carbocycles. The molecule has 2 aromatic heterocycles. The van der Waals surface area contributed by atoms with E-state index in [0.29, 0.717) is 11.7 Å². The van der Waals surface area contributed by atoms with E-state index in [4.69, 9.17) is 14.7 Å². The van der Waals surface area contributed by atoms with Gasteiger partial charge in [0.1, 0.15) is 11.5 Å². The van der Waals surface area contributed by atoms with Crippen molar-refractivity contribution in [1.29, 1.82) is 0 Å². The van der Waals surface area contributed by atoms with Crippen LogP contribution in [0.15, 0.2) is 15.0 Å². The molecule has 0 saturated heterocycles. The molecule has 0 aliphatic rings. The summed E-state index contributed by atoms with van der Waals surface area (Å²) in [6.07, 6.45) is 0. The van der Waals surface area contributed by atoms with E-state index >= 15 is 0 Å². The lowest BCUT2D eigenvalue weighted by atomic mass is 10.1. The van der Waals surface area contributed by atoms with Gasteiger partial charge in [-0.15, -0.1) is 0 Å². The smallest absolute Gasteiger partial charge is 0.261 e. The molecule has 0 atom stereocenters. The van der Waals surface area contributed by atoms with Gasteiger partial charge in [0.15, 0.2) is 5.82 Å². The Kier molecular flexibility index (Phi) is 2.35. The zero-order chi connectivity index (χ0) is 11.9. The fourth-order valence-electron chi connectivity index (χ4n) is 1.44. The number of nitrogens with zero attached hydrogens (tertiary/aromatic N) is 2. The van der Waals surface area contributed by atoms with Gasteiger partial charge in [0, 0.05) is 0 Å². The zero-order valence-electron chi connectivity index (χ0n) is 9.87. The minimum Gasteiger partial charge on any atom is -0.466 e. The second-order valence-corrected chi connectivity index (χ2v) is 4.47. The molecule has 0 aliphatic heterocycles. The molecule has 2 aromatic rings. The van der Waals surface area contributed by atoms with E-state index in [0.717, 1.165) is 17.1 Å². The van der Waals surface area contributed by atoms with Crippen LogP contribution in [0.3, 0.4) is 0 Å². The molecule has 16 heavy (non-hydrogen) atoms. The average Bonchev–Trinajstić information content (AvgIpc) is 2.70. The number of furan rings is 1. The van der Waals surface area contributed by atoms with Gasteiger partial charge in [0.25, 0.3) is 5.89 Å². The lowest BCUT2D eigenvalue weighted by Gasteiger charge is -2.11. The third-order valence-corrected chi connectivity index (χ3v) is 2.27. The number of hydrogen-bond acceptors (Lipinski definition) is 5. The molecule has 0 bridgehead atoms. The average molecular weight is 221 g/mol. The van der Waals surface area contributed by atoms with Gasteiger partial charge in [-0.05, 0) is 33.8 Å². The Hall–Kier alpha value is -1.62. The maximum Gasteiger partial charge on any atom is 0.261 e. The van der Waals surface area contributed by atoms with Crippen molar-refractivity contribution in [2.24, 2.45) is 5.73 Å². The second-order valence-electron chi connectivity index (χ2n) is 4.47. The SMILES string of the molecule is Cc1cc(-c2nc(C(C)(C)N)no2)c(C)o1. The van der Waals surface area contributed by atoms with Gasteiger partial charge in [-0.2, -0.15) is 4.98 Å². The first-order valence-corrected chi connectivity index (χ1v) is 5.08. The Morgan fingerprint density at radius 1 is 1.31 bits per heavy atom. The Morgan fingerprint density at radius 3 is 2.44 bits per heavy atom. The van der Waals surface area contributed by atoms with Crippen LogP contribution >= 0.6 is 0 Å². The van der Waals surface area contributed by atoms with Gasteiger partial charge >= 0.3 is 0 Å². The third kappa shape index (κ3) is 1.86. The highest BCUT2D eigenvalue weighted by molar-refractivity contribution is 5.56. The highest BCUT2D eigenvalue weighted by Gasteiger charge is 2.23. The van der Waals surface area contributed by atoms with Gasteiger partial charge in [-0.3, -0.25) is 0 Å². The van der Waals surface area contributed by atoms with Gasteiger partial charge < -0.3 is 14.7 Å². The summed E-state index contributed by atoms with van der Waals surface area (Å²) < 4.78 is 10.6. The van der Waals surface area contributed by atoms with Crippen LogP contribution in [0.5, 0.6) is 0 Å². The van der Waals surface area contributed by atoms with Crippen LogP contribution < -0.4 is 5.73 Å². The molecule has 0 fully saturated rings. The minimum absolute atomic E-state index is 0.447. The Labute approximate surface area is 93.6 Å². The van der Waals surface area contributed by atoms with Crippen molar-refractivity contribution in [3.63, 3.8) is 0 Å². The summed E-state index contributed by atoms with van der Waals surface area (Å²) in [6, 6.07) is 1.87. The van der Waals surface area contributed by atoms with Crippen LogP contribution in [0, 0.1) is 13.8 Å². The summed E-state index contributed by atoms with van der Waals surface area (Å²) >= 11 is 0. The lowest BCUT2D eigenvalue weighted by Crippen LogP contribution is -2.30. The summed E-state index contributed by atoms with van der Waals surface area (Å²) in [5.41, 5.74) is 6.10. The van der Waals surface area contributed by atoms with Crippen LogP contribution in [0.1, 0.15) is 31.2 Å². The number of rotatable bonds is 2. The number of aromatic nitrogens is 2. The monoisotopic (exact) mass is 221 g/mol. The van der Waals surface area contributed by atoms with Crippen molar-refractivity contribution in [3.8, 4) is 11.5 Å². The van der Waals surface area contributed by atoms with E-state index in [9.17, 15) is 0 Å². The van der Waals surface area contributed by atoms with E-state index in [1.165, 1.54) is 0 Å². The molecule has 5 nitrogen and oxygen atoms in total. The highest BCUT2D eigenvalue weighted by atomic mass is 16.5. The van der Waals surface area contributed by atoms with Crippen molar-refractivity contribution in [2.45, 2.75) is 33.2 Å². The van der Waals surface area contributed by atoms with Crippen LogP contribution in [-0.4, -0.2) is 10.1 Å². The van der Waals surface area contributed by atoms with Gasteiger partial charge in [-0.1, -0.05) is 5.16 Å². The number of nitrogens with two attached hydrogens (primary N) is 1. The molecule has 5 heteroatoms. The summed E-state index contributed by atoms with van der Waals surface area (Å²) in [5, 5.41) is 3.86. The molecule has 2 heterocycles. The normalized spacial score (nSPS) is 12.1. The largest absolute Gasteiger partial charge is 0.466 e. The first kappa shape index (κ1) is 10.9. The summed E-state index contributed by atoms with van der Waals surface area (Å²) in [6.45, 7) is 7.39. The molecule has 0 radical (unpaired) electrons. The van der Waals surface area contributed by atoms with E-state index in [2.05, 4.69) is 10.1 Å². The third-order valence-electron chi connectivity index (χ3n) is 2.27. The van der Waals surface area contributed by atoms with Gasteiger partial charge in [-0.25, -0.2) is 0 Å². The van der Waals surface area contributed by atoms with E-state index < -0.39 is 5.54 Å². The van der Waals surface area contributed by atoms with E-state index in [1.807, 2.05) is 33.8 Å². The maximum atomic E-state index is 5.88. The summed E-state index contributed by atoms with van der Waals surface area (Å²) in [7, 11) is 0.